The summed E-state index contributed by atoms with van der Waals surface area (Å²) in [5.74, 6) is 3.48. The lowest BCUT2D eigenvalue weighted by atomic mass is 9.82. The third kappa shape index (κ3) is 5.80. The summed E-state index contributed by atoms with van der Waals surface area (Å²) in [6.07, 6.45) is 8.98. The fourth-order valence-corrected chi connectivity index (χ4v) is 5.59. The van der Waals surface area contributed by atoms with Crippen LogP contribution >= 0.6 is 0 Å². The highest BCUT2D eigenvalue weighted by Crippen LogP contribution is 2.32. The summed E-state index contributed by atoms with van der Waals surface area (Å²) in [6.45, 7) is 11.0. The van der Waals surface area contributed by atoms with Crippen molar-refractivity contribution in [2.24, 2.45) is 10.9 Å². The average molecular weight is 431 g/mol. The van der Waals surface area contributed by atoms with Crippen molar-refractivity contribution in [2.45, 2.75) is 90.4 Å². The molecule has 3 aliphatic rings. The molecule has 7 heteroatoms. The lowest BCUT2D eigenvalue weighted by molar-refractivity contribution is 0.0526. The molecule has 3 saturated heterocycles. The van der Waals surface area contributed by atoms with E-state index in [9.17, 15) is 0 Å². The highest BCUT2D eigenvalue weighted by atomic mass is 16.4. The van der Waals surface area contributed by atoms with E-state index in [0.29, 0.717) is 12.0 Å². The summed E-state index contributed by atoms with van der Waals surface area (Å²) in [5.41, 5.74) is 1.01. The number of guanidine groups is 1. The van der Waals surface area contributed by atoms with Gasteiger partial charge in [0, 0.05) is 31.2 Å². The molecule has 0 aromatic carbocycles. The van der Waals surface area contributed by atoms with Gasteiger partial charge in [0.05, 0.1) is 12.2 Å². The summed E-state index contributed by atoms with van der Waals surface area (Å²) in [7, 11) is 2.32. The third-order valence-electron chi connectivity index (χ3n) is 7.67. The fraction of sp³-hybridized carbons (Fsp3) is 0.833. The van der Waals surface area contributed by atoms with Crippen molar-refractivity contribution < 1.29 is 4.42 Å². The largest absolute Gasteiger partial charge is 0.444 e. The van der Waals surface area contributed by atoms with E-state index in [1.165, 1.54) is 44.9 Å². The molecule has 1 aromatic rings. The lowest BCUT2D eigenvalue weighted by Gasteiger charge is -2.47. The van der Waals surface area contributed by atoms with Crippen LogP contribution in [0.25, 0.3) is 0 Å². The summed E-state index contributed by atoms with van der Waals surface area (Å²) in [4.78, 5) is 14.6. The summed E-state index contributed by atoms with van der Waals surface area (Å²) < 4.78 is 5.76. The Bertz CT molecular complexity index is 705. The Morgan fingerprint density at radius 3 is 2.45 bits per heavy atom. The topological polar surface area (TPSA) is 68.9 Å². The second-order valence-electron chi connectivity index (χ2n) is 9.91. The molecule has 0 aliphatic carbocycles. The van der Waals surface area contributed by atoms with Crippen LogP contribution in [0.1, 0.15) is 69.2 Å². The van der Waals surface area contributed by atoms with Crippen LogP contribution in [0.5, 0.6) is 0 Å². The molecule has 7 nitrogen and oxygen atoms in total. The smallest absolute Gasteiger partial charge is 0.208 e. The number of oxazole rings is 1. The van der Waals surface area contributed by atoms with Gasteiger partial charge >= 0.3 is 0 Å². The quantitative estimate of drug-likeness (QED) is 0.534. The van der Waals surface area contributed by atoms with E-state index in [4.69, 9.17) is 9.41 Å². The Labute approximate surface area is 188 Å². The van der Waals surface area contributed by atoms with Gasteiger partial charge in [-0.05, 0) is 85.4 Å². The van der Waals surface area contributed by atoms with Gasteiger partial charge in [0.1, 0.15) is 5.76 Å². The number of aromatic nitrogens is 1. The second kappa shape index (κ2) is 10.3. The van der Waals surface area contributed by atoms with Gasteiger partial charge in [-0.15, -0.1) is 0 Å². The Morgan fingerprint density at radius 1 is 1.13 bits per heavy atom. The molecule has 2 unspecified atom stereocenters. The lowest BCUT2D eigenvalue weighted by Crippen LogP contribution is -2.56. The molecule has 2 bridgehead atoms. The summed E-state index contributed by atoms with van der Waals surface area (Å²) in [6, 6.07) is 2.04. The third-order valence-corrected chi connectivity index (χ3v) is 7.67. The van der Waals surface area contributed by atoms with Gasteiger partial charge in [-0.25, -0.2) is 4.98 Å². The maximum atomic E-state index is 5.76. The number of nitrogens with zero attached hydrogens (tertiary/aromatic N) is 4. The Morgan fingerprint density at radius 2 is 1.84 bits per heavy atom. The molecule has 2 atom stereocenters. The molecule has 0 radical (unpaired) electrons. The normalized spacial score (nSPS) is 28.6. The van der Waals surface area contributed by atoms with Crippen molar-refractivity contribution in [3.05, 3.63) is 17.3 Å². The summed E-state index contributed by atoms with van der Waals surface area (Å²) >= 11 is 0. The standard InChI is InChI=1S/C24H42N6O/c1-5-25-24(28-20-13-21-7-6-8-22(14-20)29(21)4)26-15-19-9-11-30(12-10-19)16-23-27-17(2)18(3)31-23/h19-22H,5-16H2,1-4H3,(H2,25,26,28). The van der Waals surface area contributed by atoms with Crippen molar-refractivity contribution in [3.8, 4) is 0 Å². The molecule has 3 fully saturated rings. The molecule has 174 valence electrons. The van der Waals surface area contributed by atoms with E-state index in [1.807, 2.05) is 13.8 Å². The van der Waals surface area contributed by atoms with Gasteiger partial charge < -0.3 is 20.0 Å². The number of aryl methyl sites for hydroxylation is 2. The minimum absolute atomic E-state index is 0.554. The van der Waals surface area contributed by atoms with Gasteiger partial charge in [0.15, 0.2) is 5.96 Å². The van der Waals surface area contributed by atoms with Crippen LogP contribution in [0.2, 0.25) is 0 Å². The maximum Gasteiger partial charge on any atom is 0.208 e. The average Bonchev–Trinajstić information content (AvgIpc) is 3.05. The number of fused-ring (bicyclic) bond motifs is 2. The van der Waals surface area contributed by atoms with Crippen molar-refractivity contribution in [1.82, 2.24) is 25.4 Å². The molecule has 2 N–H and O–H groups in total. The molecule has 31 heavy (non-hydrogen) atoms. The van der Waals surface area contributed by atoms with E-state index in [0.717, 1.165) is 68.1 Å². The van der Waals surface area contributed by atoms with Gasteiger partial charge in [0.25, 0.3) is 0 Å². The predicted molar refractivity (Wildman–Crippen MR) is 125 cm³/mol. The first-order valence-electron chi connectivity index (χ1n) is 12.4. The zero-order valence-corrected chi connectivity index (χ0v) is 20.0. The number of piperidine rings is 3. The van der Waals surface area contributed by atoms with E-state index in [-0.39, 0.29) is 0 Å². The highest BCUT2D eigenvalue weighted by Gasteiger charge is 2.36. The molecular weight excluding hydrogens is 388 g/mol. The van der Waals surface area contributed by atoms with E-state index >= 15 is 0 Å². The maximum absolute atomic E-state index is 5.76. The highest BCUT2D eigenvalue weighted by molar-refractivity contribution is 5.80. The van der Waals surface area contributed by atoms with Crippen LogP contribution in [0.3, 0.4) is 0 Å². The molecular formula is C24H42N6O. The molecule has 1 aromatic heterocycles. The number of rotatable bonds is 6. The van der Waals surface area contributed by atoms with Gasteiger partial charge in [-0.1, -0.05) is 6.42 Å². The van der Waals surface area contributed by atoms with Crippen LogP contribution in [-0.2, 0) is 6.54 Å². The van der Waals surface area contributed by atoms with Crippen molar-refractivity contribution in [2.75, 3.05) is 33.2 Å². The molecule has 0 saturated carbocycles. The zero-order chi connectivity index (χ0) is 21.8. The molecule has 4 rings (SSSR count). The van der Waals surface area contributed by atoms with Crippen LogP contribution in [0.4, 0.5) is 0 Å². The second-order valence-corrected chi connectivity index (χ2v) is 9.91. The van der Waals surface area contributed by atoms with Gasteiger partial charge in [0.2, 0.25) is 5.89 Å². The Balaban J connectivity index is 1.24. The minimum atomic E-state index is 0.554. The van der Waals surface area contributed by atoms with E-state index in [2.05, 4.69) is 39.4 Å². The SMILES string of the molecule is CCNC(=NCC1CCN(Cc2nc(C)c(C)o2)CC1)NC1CC2CCCC(C1)N2C. The fourth-order valence-electron chi connectivity index (χ4n) is 5.59. The van der Waals surface area contributed by atoms with Gasteiger partial charge in [-0.3, -0.25) is 9.89 Å². The monoisotopic (exact) mass is 430 g/mol. The van der Waals surface area contributed by atoms with Crippen LogP contribution in [0, 0.1) is 19.8 Å². The number of aliphatic imine (C=N–C) groups is 1. The van der Waals surface area contributed by atoms with Gasteiger partial charge in [-0.2, -0.15) is 0 Å². The van der Waals surface area contributed by atoms with Crippen molar-refractivity contribution in [3.63, 3.8) is 0 Å². The Kier molecular flexibility index (Phi) is 7.54. The van der Waals surface area contributed by atoms with E-state index in [1.54, 1.807) is 0 Å². The molecule has 0 amide bonds. The number of hydrogen-bond acceptors (Lipinski definition) is 5. The minimum Gasteiger partial charge on any atom is -0.444 e. The van der Waals surface area contributed by atoms with Crippen LogP contribution in [0.15, 0.2) is 9.41 Å². The van der Waals surface area contributed by atoms with Crippen molar-refractivity contribution in [1.29, 1.82) is 0 Å². The zero-order valence-electron chi connectivity index (χ0n) is 20.0. The predicted octanol–water partition coefficient (Wildman–Crippen LogP) is 3.07. The number of hydrogen-bond donors (Lipinski definition) is 2. The molecule has 4 heterocycles. The summed E-state index contributed by atoms with van der Waals surface area (Å²) in [5, 5.41) is 7.27. The number of likely N-dealkylation sites (tertiary alicyclic amines) is 1. The van der Waals surface area contributed by atoms with Crippen molar-refractivity contribution >= 4 is 5.96 Å². The first kappa shape index (κ1) is 22.6. The Hall–Kier alpha value is -1.60. The van der Waals surface area contributed by atoms with Crippen LogP contribution in [-0.4, -0.2) is 72.1 Å². The molecule has 0 spiro atoms. The first-order chi connectivity index (χ1) is 15.0. The van der Waals surface area contributed by atoms with Crippen LogP contribution < -0.4 is 10.6 Å². The first-order valence-corrected chi connectivity index (χ1v) is 12.4. The van der Waals surface area contributed by atoms with E-state index < -0.39 is 0 Å². The number of nitrogens with one attached hydrogen (secondary N) is 2. The molecule has 3 aliphatic heterocycles.